The van der Waals surface area contributed by atoms with Crippen molar-refractivity contribution in [2.45, 2.75) is 31.0 Å². The number of carbonyl (C=O) groups is 4. The number of hydrogen-bond acceptors (Lipinski definition) is 11. The Morgan fingerprint density at radius 1 is 1.42 bits per heavy atom. The lowest BCUT2D eigenvalue weighted by Crippen LogP contribution is -2.72. The van der Waals surface area contributed by atoms with Gasteiger partial charge in [-0.1, -0.05) is 16.8 Å². The van der Waals surface area contributed by atoms with Crippen LogP contribution in [0, 0.1) is 0 Å². The third-order valence-corrected chi connectivity index (χ3v) is 6.15. The molecule has 2 rings (SSSR count). The number of carbonyl (C=O) groups excluding carboxylic acids is 4. The van der Waals surface area contributed by atoms with Crippen LogP contribution in [-0.4, -0.2) is 82.3 Å². The van der Waals surface area contributed by atoms with Gasteiger partial charge in [0.05, 0.1) is 6.04 Å². The maximum absolute atomic E-state index is 12.8. The number of esters is 1. The van der Waals surface area contributed by atoms with Gasteiger partial charge in [-0.2, -0.15) is 8.42 Å². The van der Waals surface area contributed by atoms with Crippen LogP contribution in [0.5, 0.6) is 0 Å². The van der Waals surface area contributed by atoms with Gasteiger partial charge in [-0.3, -0.25) is 23.7 Å². The maximum Gasteiger partial charge on any atom is 0.362 e. The number of hydrogen-bond donors (Lipinski definition) is 3. The topological polar surface area (TPSA) is 194 Å². The van der Waals surface area contributed by atoms with Gasteiger partial charge in [-0.15, -0.1) is 22.9 Å². The van der Waals surface area contributed by atoms with Gasteiger partial charge < -0.3 is 20.2 Å². The van der Waals surface area contributed by atoms with E-state index in [1.165, 1.54) is 5.38 Å². The molecule has 0 bridgehead atoms. The summed E-state index contributed by atoms with van der Waals surface area (Å²) in [7, 11) is -3.84. The van der Waals surface area contributed by atoms with Crippen molar-refractivity contribution in [1.29, 1.82) is 0 Å². The van der Waals surface area contributed by atoms with Crippen LogP contribution >= 0.6 is 34.5 Å². The summed E-state index contributed by atoms with van der Waals surface area (Å²) in [6.45, 7) is 1.06. The minimum atomic E-state index is -4.98. The molecule has 1 aliphatic heterocycles. The molecule has 33 heavy (non-hydrogen) atoms. The lowest BCUT2D eigenvalue weighted by Gasteiger charge is -2.44. The molecule has 1 saturated heterocycles. The fraction of sp³-hybridized carbons (Fsp3) is 0.467. The molecule has 1 unspecified atom stereocenters. The molecule has 1 aromatic rings. The second-order valence-electron chi connectivity index (χ2n) is 6.23. The van der Waals surface area contributed by atoms with E-state index in [9.17, 15) is 32.1 Å². The molecular weight excluding hydrogens is 529 g/mol. The van der Waals surface area contributed by atoms with Crippen molar-refractivity contribution >= 4 is 79.4 Å². The number of thiazole rings is 1. The minimum Gasteiger partial charge on any atom is -0.446 e. The molecule has 18 heteroatoms. The zero-order valence-electron chi connectivity index (χ0n) is 16.9. The molecule has 14 nitrogen and oxygen atoms in total. The van der Waals surface area contributed by atoms with Crippen LogP contribution in [0.2, 0.25) is 0 Å². The zero-order chi connectivity index (χ0) is 24.9. The minimum absolute atomic E-state index is 0.0330. The largest absolute Gasteiger partial charge is 0.446 e. The molecule has 0 saturated carbocycles. The molecule has 0 aliphatic carbocycles. The molecule has 1 fully saturated rings. The number of aromatic nitrogens is 1. The standard InChI is InChI=1S/C15H17Cl2N5O9S2/c1-6(23)31-9(17)3-8-12(14(26)22(8)33(27,28)29)20-13(25)11(21-30-2)7-5-32-15(18-7)19-10(24)4-16/h5,8-9,12H,3-4H2,1-2H3,(H,20,25)(H,18,19,24)(H,27,28,29)/t8-,9?,12+/m0/s1. The smallest absolute Gasteiger partial charge is 0.362 e. The lowest BCUT2D eigenvalue weighted by molar-refractivity contribution is -0.148. The number of nitrogens with zero attached hydrogens (tertiary/aromatic N) is 3. The van der Waals surface area contributed by atoms with Gasteiger partial charge in [0.15, 0.2) is 16.4 Å². The van der Waals surface area contributed by atoms with Crippen molar-refractivity contribution in [2.24, 2.45) is 5.16 Å². The molecular formula is C15H17Cl2N5O9S2. The molecule has 0 spiro atoms. The summed E-state index contributed by atoms with van der Waals surface area (Å²) in [4.78, 5) is 56.2. The molecule has 3 amide bonds. The first-order valence-corrected chi connectivity index (χ1v) is 12.0. The number of rotatable bonds is 10. The van der Waals surface area contributed by atoms with Gasteiger partial charge >= 0.3 is 16.3 Å². The SMILES string of the molecule is CON=C(C(=O)N[C@H]1C(=O)N(S(=O)(=O)O)[C@H]1CC(Cl)OC(C)=O)c1csc(NC(=O)CCl)n1. The summed E-state index contributed by atoms with van der Waals surface area (Å²) in [6.07, 6.45) is -0.431. The number of ether oxygens (including phenoxy) is 1. The number of β-lactam (4-membered cyclic amide) rings is 1. The average molecular weight is 546 g/mol. The number of nitrogens with one attached hydrogen (secondary N) is 2. The third kappa shape index (κ3) is 6.73. The summed E-state index contributed by atoms with van der Waals surface area (Å²) >= 11 is 12.2. The van der Waals surface area contributed by atoms with Crippen molar-refractivity contribution in [3.8, 4) is 0 Å². The molecule has 1 aliphatic rings. The summed E-state index contributed by atoms with van der Waals surface area (Å²) in [5.74, 6) is -3.78. The predicted octanol–water partition coefficient (Wildman–Crippen LogP) is -0.313. The number of anilines is 1. The van der Waals surface area contributed by atoms with E-state index in [1.807, 2.05) is 0 Å². The Morgan fingerprint density at radius 2 is 2.09 bits per heavy atom. The predicted molar refractivity (Wildman–Crippen MR) is 115 cm³/mol. The third-order valence-electron chi connectivity index (χ3n) is 3.94. The summed E-state index contributed by atoms with van der Waals surface area (Å²) in [6, 6.07) is -2.83. The highest BCUT2D eigenvalue weighted by atomic mass is 35.5. The first-order chi connectivity index (χ1) is 15.4. The Morgan fingerprint density at radius 3 is 2.64 bits per heavy atom. The van der Waals surface area contributed by atoms with E-state index in [4.69, 9.17) is 27.9 Å². The van der Waals surface area contributed by atoms with Crippen LogP contribution in [0.3, 0.4) is 0 Å². The Hall–Kier alpha value is -2.53. The fourth-order valence-corrected chi connectivity index (χ4v) is 4.69. The van der Waals surface area contributed by atoms with Crippen molar-refractivity contribution in [3.63, 3.8) is 0 Å². The first-order valence-electron chi connectivity index (χ1n) is 8.74. The van der Waals surface area contributed by atoms with Gasteiger partial charge in [0.2, 0.25) is 5.91 Å². The van der Waals surface area contributed by atoms with Crippen LogP contribution in [-0.2, 0) is 39.1 Å². The maximum atomic E-state index is 12.8. The van der Waals surface area contributed by atoms with Crippen LogP contribution in [0.4, 0.5) is 5.13 Å². The van der Waals surface area contributed by atoms with Crippen molar-refractivity contribution in [3.05, 3.63) is 11.1 Å². The monoisotopic (exact) mass is 545 g/mol. The van der Waals surface area contributed by atoms with Crippen LogP contribution in [0.25, 0.3) is 0 Å². The van der Waals surface area contributed by atoms with Gasteiger partial charge in [0, 0.05) is 18.7 Å². The highest BCUT2D eigenvalue weighted by Crippen LogP contribution is 2.29. The van der Waals surface area contributed by atoms with Crippen molar-refractivity contribution in [1.82, 2.24) is 14.6 Å². The van der Waals surface area contributed by atoms with Gasteiger partial charge in [0.1, 0.15) is 24.7 Å². The Kier molecular flexibility index (Phi) is 8.96. The van der Waals surface area contributed by atoms with E-state index in [0.29, 0.717) is 0 Å². The first kappa shape index (κ1) is 26.7. The van der Waals surface area contributed by atoms with Crippen LogP contribution < -0.4 is 10.6 Å². The second kappa shape index (κ2) is 11.1. The normalized spacial score (nSPS) is 19.4. The molecule has 2 heterocycles. The number of halogens is 2. The van der Waals surface area contributed by atoms with Crippen molar-refractivity contribution in [2.75, 3.05) is 18.3 Å². The van der Waals surface area contributed by atoms with E-state index in [-0.39, 0.29) is 21.0 Å². The van der Waals surface area contributed by atoms with Crippen LogP contribution in [0.1, 0.15) is 19.0 Å². The highest BCUT2D eigenvalue weighted by molar-refractivity contribution is 7.84. The van der Waals surface area contributed by atoms with Crippen molar-refractivity contribution < 1.29 is 41.7 Å². The van der Waals surface area contributed by atoms with Gasteiger partial charge in [-0.05, 0) is 0 Å². The fourth-order valence-electron chi connectivity index (χ4n) is 2.71. The number of alkyl halides is 2. The number of oxime groups is 1. The second-order valence-corrected chi connectivity index (χ2v) is 9.13. The molecule has 0 aromatic carbocycles. The summed E-state index contributed by atoms with van der Waals surface area (Å²) < 4.78 is 37.2. The molecule has 0 radical (unpaired) electrons. The summed E-state index contributed by atoms with van der Waals surface area (Å²) in [5, 5.41) is 9.67. The number of amides is 3. The lowest BCUT2D eigenvalue weighted by atomic mass is 9.95. The zero-order valence-corrected chi connectivity index (χ0v) is 20.0. The van der Waals surface area contributed by atoms with E-state index in [1.54, 1.807) is 0 Å². The molecule has 1 aromatic heterocycles. The Labute approximate surface area is 201 Å². The highest BCUT2D eigenvalue weighted by Gasteiger charge is 2.55. The molecule has 3 N–H and O–H groups in total. The van der Waals surface area contributed by atoms with E-state index >= 15 is 0 Å². The van der Waals surface area contributed by atoms with Gasteiger partial charge in [0.25, 0.3) is 11.8 Å². The molecule has 182 valence electrons. The Bertz CT molecular complexity index is 1080. The Balaban J connectivity index is 2.23. The quantitative estimate of drug-likeness (QED) is 0.0875. The average Bonchev–Trinajstić information content (AvgIpc) is 3.15. The van der Waals surface area contributed by atoms with Gasteiger partial charge in [-0.25, -0.2) is 9.29 Å². The van der Waals surface area contributed by atoms with E-state index in [2.05, 4.69) is 25.6 Å². The van der Waals surface area contributed by atoms with E-state index in [0.717, 1.165) is 25.4 Å². The summed E-state index contributed by atoms with van der Waals surface area (Å²) in [5.41, 5.74) is -1.79. The van der Waals surface area contributed by atoms with E-state index < -0.39 is 63.8 Å². The molecule has 3 atom stereocenters. The van der Waals surface area contributed by atoms with Crippen LogP contribution in [0.15, 0.2) is 10.5 Å².